The molecule has 0 bridgehead atoms. The molecule has 23 heavy (non-hydrogen) atoms. The van der Waals surface area contributed by atoms with Crippen LogP contribution in [0, 0.1) is 6.92 Å². The second-order valence-electron chi connectivity index (χ2n) is 5.21. The van der Waals surface area contributed by atoms with Crippen LogP contribution >= 0.6 is 11.3 Å². The molecule has 6 heteroatoms. The van der Waals surface area contributed by atoms with Gasteiger partial charge in [-0.1, -0.05) is 18.2 Å². The number of fused-ring (bicyclic) bond motifs is 1. The van der Waals surface area contributed by atoms with Crippen LogP contribution in [0.4, 0.5) is 0 Å². The Kier molecular flexibility index (Phi) is 3.31. The number of hydrogen-bond donors (Lipinski definition) is 1. The monoisotopic (exact) mass is 323 g/mol. The van der Waals surface area contributed by atoms with Gasteiger partial charge in [-0.05, 0) is 30.5 Å². The first kappa shape index (κ1) is 13.9. The first-order chi connectivity index (χ1) is 11.2. The Morgan fingerprint density at radius 1 is 1.17 bits per heavy atom. The van der Waals surface area contributed by atoms with Crippen LogP contribution in [0.5, 0.6) is 0 Å². The number of nitrogens with one attached hydrogen (secondary N) is 1. The SMILES string of the molecule is Cc1oc(-c2ccccc2)nc1Cc1nc2ccsc2c(=O)[nH]1. The zero-order chi connectivity index (χ0) is 15.8. The Morgan fingerprint density at radius 2 is 2.00 bits per heavy atom. The largest absolute Gasteiger partial charge is 0.441 e. The molecule has 3 aromatic heterocycles. The molecular formula is C17H13N3O2S. The van der Waals surface area contributed by atoms with E-state index >= 15 is 0 Å². The Bertz CT molecular complexity index is 1030. The highest BCUT2D eigenvalue weighted by Crippen LogP contribution is 2.22. The number of thiophene rings is 1. The third kappa shape index (κ3) is 2.57. The molecule has 4 rings (SSSR count). The molecule has 0 spiro atoms. The Morgan fingerprint density at radius 3 is 2.83 bits per heavy atom. The summed E-state index contributed by atoms with van der Waals surface area (Å²) in [6, 6.07) is 11.6. The van der Waals surface area contributed by atoms with E-state index in [2.05, 4.69) is 15.0 Å². The lowest BCUT2D eigenvalue weighted by atomic mass is 10.2. The van der Waals surface area contributed by atoms with Crippen LogP contribution in [-0.2, 0) is 6.42 Å². The highest BCUT2D eigenvalue weighted by atomic mass is 32.1. The van der Waals surface area contributed by atoms with Gasteiger partial charge in [-0.3, -0.25) is 4.79 Å². The van der Waals surface area contributed by atoms with E-state index in [0.717, 1.165) is 22.5 Å². The molecule has 1 N–H and O–H groups in total. The summed E-state index contributed by atoms with van der Waals surface area (Å²) >= 11 is 1.39. The summed E-state index contributed by atoms with van der Waals surface area (Å²) in [4.78, 5) is 23.9. The molecule has 0 saturated heterocycles. The molecule has 0 saturated carbocycles. The van der Waals surface area contributed by atoms with Crippen LogP contribution in [0.15, 0.2) is 51.0 Å². The van der Waals surface area contributed by atoms with Crippen LogP contribution in [-0.4, -0.2) is 15.0 Å². The quantitative estimate of drug-likeness (QED) is 0.626. The van der Waals surface area contributed by atoms with Crippen molar-refractivity contribution >= 4 is 21.6 Å². The molecule has 114 valence electrons. The summed E-state index contributed by atoms with van der Waals surface area (Å²) in [5, 5.41) is 1.87. The molecule has 1 aromatic carbocycles. The molecule has 0 aliphatic heterocycles. The molecule has 0 atom stereocenters. The van der Waals surface area contributed by atoms with Crippen LogP contribution in [0.2, 0.25) is 0 Å². The molecular weight excluding hydrogens is 310 g/mol. The maximum atomic E-state index is 12.0. The summed E-state index contributed by atoms with van der Waals surface area (Å²) in [5.41, 5.74) is 2.32. The lowest BCUT2D eigenvalue weighted by Crippen LogP contribution is -2.11. The Hall–Kier alpha value is -2.73. The van der Waals surface area contributed by atoms with Crippen molar-refractivity contribution in [2.45, 2.75) is 13.3 Å². The predicted octanol–water partition coefficient (Wildman–Crippen LogP) is 3.54. The van der Waals surface area contributed by atoms with Crippen LogP contribution in [0.1, 0.15) is 17.3 Å². The fourth-order valence-electron chi connectivity index (χ4n) is 2.46. The van der Waals surface area contributed by atoms with E-state index in [1.165, 1.54) is 11.3 Å². The number of rotatable bonds is 3. The number of benzene rings is 1. The van der Waals surface area contributed by atoms with E-state index in [1.54, 1.807) is 0 Å². The van der Waals surface area contributed by atoms with Gasteiger partial charge in [0.1, 0.15) is 16.3 Å². The van der Waals surface area contributed by atoms with Crippen molar-refractivity contribution in [2.75, 3.05) is 0 Å². The zero-order valence-corrected chi connectivity index (χ0v) is 13.2. The Labute approximate surface area is 135 Å². The van der Waals surface area contributed by atoms with E-state index in [9.17, 15) is 4.79 Å². The van der Waals surface area contributed by atoms with E-state index in [0.29, 0.717) is 22.8 Å². The molecule has 0 aliphatic rings. The molecule has 5 nitrogen and oxygen atoms in total. The lowest BCUT2D eigenvalue weighted by molar-refractivity contribution is 0.539. The van der Waals surface area contributed by atoms with E-state index in [1.807, 2.05) is 48.7 Å². The first-order valence-electron chi connectivity index (χ1n) is 7.19. The van der Waals surface area contributed by atoms with Gasteiger partial charge in [0.15, 0.2) is 0 Å². The fourth-order valence-corrected chi connectivity index (χ4v) is 3.19. The summed E-state index contributed by atoms with van der Waals surface area (Å²) < 4.78 is 6.40. The minimum atomic E-state index is -0.107. The van der Waals surface area contributed by atoms with Gasteiger partial charge in [0, 0.05) is 5.56 Å². The van der Waals surface area contributed by atoms with Crippen molar-refractivity contribution in [1.82, 2.24) is 15.0 Å². The van der Waals surface area contributed by atoms with Crippen LogP contribution < -0.4 is 5.56 Å². The predicted molar refractivity (Wildman–Crippen MR) is 89.7 cm³/mol. The van der Waals surface area contributed by atoms with Crippen molar-refractivity contribution < 1.29 is 4.42 Å². The topological polar surface area (TPSA) is 71.8 Å². The van der Waals surface area contributed by atoms with Gasteiger partial charge in [-0.2, -0.15) is 0 Å². The summed E-state index contributed by atoms with van der Waals surface area (Å²) in [7, 11) is 0. The minimum absolute atomic E-state index is 0.107. The van der Waals surface area contributed by atoms with Gasteiger partial charge in [-0.15, -0.1) is 11.3 Å². The van der Waals surface area contributed by atoms with Crippen molar-refractivity contribution in [2.24, 2.45) is 0 Å². The summed E-state index contributed by atoms with van der Waals surface area (Å²) in [6.07, 6.45) is 0.434. The minimum Gasteiger partial charge on any atom is -0.441 e. The average molecular weight is 323 g/mol. The van der Waals surface area contributed by atoms with E-state index < -0.39 is 0 Å². The van der Waals surface area contributed by atoms with E-state index in [4.69, 9.17) is 4.42 Å². The Balaban J connectivity index is 1.71. The van der Waals surface area contributed by atoms with Crippen molar-refractivity contribution in [3.63, 3.8) is 0 Å². The number of hydrogen-bond acceptors (Lipinski definition) is 5. The molecule has 0 aliphatic carbocycles. The van der Waals surface area contributed by atoms with Crippen LogP contribution in [0.25, 0.3) is 21.7 Å². The number of oxazole rings is 1. The summed E-state index contributed by atoms with van der Waals surface area (Å²) in [5.74, 6) is 1.91. The van der Waals surface area contributed by atoms with E-state index in [-0.39, 0.29) is 5.56 Å². The molecule has 0 unspecified atom stereocenters. The highest BCUT2D eigenvalue weighted by Gasteiger charge is 2.14. The zero-order valence-electron chi connectivity index (χ0n) is 12.4. The number of aryl methyl sites for hydroxylation is 1. The van der Waals surface area contributed by atoms with Gasteiger partial charge in [-0.25, -0.2) is 9.97 Å². The number of aromatic nitrogens is 3. The van der Waals surface area contributed by atoms with Crippen LogP contribution in [0.3, 0.4) is 0 Å². The van der Waals surface area contributed by atoms with Gasteiger partial charge < -0.3 is 9.40 Å². The second-order valence-corrected chi connectivity index (χ2v) is 6.13. The fraction of sp³-hybridized carbons (Fsp3) is 0.118. The highest BCUT2D eigenvalue weighted by molar-refractivity contribution is 7.17. The van der Waals surface area contributed by atoms with Crippen molar-refractivity contribution in [3.05, 3.63) is 69.4 Å². The number of aromatic amines is 1. The number of nitrogens with zero attached hydrogens (tertiary/aromatic N) is 2. The molecule has 0 amide bonds. The third-order valence-electron chi connectivity index (χ3n) is 3.61. The number of H-pyrrole nitrogens is 1. The molecule has 4 aromatic rings. The second kappa shape index (κ2) is 5.48. The standard InChI is InChI=1S/C17H13N3O2S/c1-10-13(19-17(22-10)11-5-3-2-4-6-11)9-14-18-12-7-8-23-15(12)16(21)20-14/h2-8H,9H2,1H3,(H,18,20,21). The maximum Gasteiger partial charge on any atom is 0.268 e. The normalized spacial score (nSPS) is 11.2. The molecule has 0 fully saturated rings. The average Bonchev–Trinajstić information content (AvgIpc) is 3.16. The van der Waals surface area contributed by atoms with Gasteiger partial charge in [0.25, 0.3) is 5.56 Å². The third-order valence-corrected chi connectivity index (χ3v) is 4.51. The first-order valence-corrected chi connectivity index (χ1v) is 8.07. The smallest absolute Gasteiger partial charge is 0.268 e. The van der Waals surface area contributed by atoms with Crippen molar-refractivity contribution in [1.29, 1.82) is 0 Å². The van der Waals surface area contributed by atoms with Crippen molar-refractivity contribution in [3.8, 4) is 11.5 Å². The van der Waals surface area contributed by atoms with Gasteiger partial charge in [0.05, 0.1) is 17.6 Å². The lowest BCUT2D eigenvalue weighted by Gasteiger charge is -1.98. The maximum absolute atomic E-state index is 12.0. The molecule has 3 heterocycles. The van der Waals surface area contributed by atoms with Gasteiger partial charge >= 0.3 is 0 Å². The summed E-state index contributed by atoms with van der Waals surface area (Å²) in [6.45, 7) is 1.87. The van der Waals surface area contributed by atoms with Gasteiger partial charge in [0.2, 0.25) is 5.89 Å². The molecule has 0 radical (unpaired) electrons.